The van der Waals surface area contributed by atoms with Crippen molar-refractivity contribution in [3.63, 3.8) is 0 Å². The molecule has 1 aromatic heterocycles. The molecule has 1 aromatic rings. The normalized spacial score (nSPS) is 37.4. The Morgan fingerprint density at radius 2 is 1.96 bits per heavy atom. The van der Waals surface area contributed by atoms with E-state index in [1.807, 2.05) is 6.92 Å². The van der Waals surface area contributed by atoms with Crippen molar-refractivity contribution in [2.75, 3.05) is 31.1 Å². The highest BCUT2D eigenvalue weighted by Crippen LogP contribution is 2.55. The van der Waals surface area contributed by atoms with Gasteiger partial charge in [-0.3, -0.25) is 9.69 Å². The van der Waals surface area contributed by atoms with Gasteiger partial charge in [0.1, 0.15) is 0 Å². The number of aryl methyl sites for hydroxylation is 1. The number of anilines is 1. The zero-order valence-electron chi connectivity index (χ0n) is 17.0. The van der Waals surface area contributed by atoms with Crippen LogP contribution in [0.25, 0.3) is 0 Å². The van der Waals surface area contributed by atoms with Gasteiger partial charge in [-0.05, 0) is 64.2 Å². The summed E-state index contributed by atoms with van der Waals surface area (Å²) in [6.07, 6.45) is 7.44. The van der Waals surface area contributed by atoms with Crippen molar-refractivity contribution < 1.29 is 9.32 Å². The fraction of sp³-hybridized carbons (Fsp3) is 0.857. The smallest absolute Gasteiger partial charge is 0.324 e. The second-order valence-electron chi connectivity index (χ2n) is 10.6. The van der Waals surface area contributed by atoms with Crippen LogP contribution in [0.1, 0.15) is 51.3 Å². The molecular formula is C21H31N5O2. The van der Waals surface area contributed by atoms with E-state index in [1.165, 1.54) is 25.7 Å². The molecular weight excluding hydrogens is 354 g/mol. The molecule has 7 nitrogen and oxygen atoms in total. The van der Waals surface area contributed by atoms with E-state index in [1.54, 1.807) is 0 Å². The predicted molar refractivity (Wildman–Crippen MR) is 104 cm³/mol. The molecule has 5 aliphatic rings. The fourth-order valence-corrected chi connectivity index (χ4v) is 6.55. The number of piperidine rings is 1. The van der Waals surface area contributed by atoms with E-state index in [0.29, 0.717) is 47.0 Å². The van der Waals surface area contributed by atoms with E-state index in [9.17, 15) is 4.79 Å². The van der Waals surface area contributed by atoms with Gasteiger partial charge in [0.15, 0.2) is 5.82 Å². The third kappa shape index (κ3) is 2.61. The Kier molecular flexibility index (Phi) is 3.52. The van der Waals surface area contributed by atoms with Crippen LogP contribution in [0.3, 0.4) is 0 Å². The summed E-state index contributed by atoms with van der Waals surface area (Å²) < 4.78 is 5.31. The minimum Gasteiger partial charge on any atom is -0.351 e. The Hall–Kier alpha value is -1.63. The minimum atomic E-state index is 0.0957. The third-order valence-electron chi connectivity index (χ3n) is 8.44. The van der Waals surface area contributed by atoms with Gasteiger partial charge in [-0.25, -0.2) is 0 Å². The lowest BCUT2D eigenvalue weighted by Crippen LogP contribution is -2.56. The fourth-order valence-electron chi connectivity index (χ4n) is 6.55. The zero-order valence-corrected chi connectivity index (χ0v) is 17.0. The number of carbonyl (C=O) groups excluding carboxylic acids is 1. The van der Waals surface area contributed by atoms with Crippen LogP contribution in [0, 0.1) is 30.1 Å². The largest absolute Gasteiger partial charge is 0.351 e. The lowest BCUT2D eigenvalue weighted by atomic mass is 9.78. The van der Waals surface area contributed by atoms with E-state index >= 15 is 0 Å². The van der Waals surface area contributed by atoms with Gasteiger partial charge in [0.05, 0.1) is 0 Å². The summed E-state index contributed by atoms with van der Waals surface area (Å²) in [5.74, 6) is 2.56. The number of fused-ring (bicyclic) bond motifs is 1. The van der Waals surface area contributed by atoms with Crippen molar-refractivity contribution in [3.05, 3.63) is 5.82 Å². The lowest BCUT2D eigenvalue weighted by Gasteiger charge is -2.47. The van der Waals surface area contributed by atoms with Gasteiger partial charge in [0.25, 0.3) is 0 Å². The average molecular weight is 386 g/mol. The van der Waals surface area contributed by atoms with Gasteiger partial charge < -0.3 is 14.7 Å². The number of aromatic nitrogens is 2. The molecule has 0 bridgehead atoms. The van der Waals surface area contributed by atoms with Gasteiger partial charge in [0.2, 0.25) is 5.91 Å². The van der Waals surface area contributed by atoms with Crippen molar-refractivity contribution in [1.29, 1.82) is 0 Å². The van der Waals surface area contributed by atoms with Crippen LogP contribution in [-0.4, -0.2) is 58.7 Å². The van der Waals surface area contributed by atoms with E-state index in [0.717, 1.165) is 39.0 Å². The Labute approximate surface area is 166 Å². The van der Waals surface area contributed by atoms with Crippen LogP contribution >= 0.6 is 0 Å². The number of nitrogens with one attached hydrogen (secondary N) is 1. The first-order valence-corrected chi connectivity index (χ1v) is 11.1. The summed E-state index contributed by atoms with van der Waals surface area (Å²) in [4.78, 5) is 21.9. The van der Waals surface area contributed by atoms with Gasteiger partial charge in [-0.1, -0.05) is 5.16 Å². The van der Waals surface area contributed by atoms with Crippen LogP contribution < -0.4 is 10.2 Å². The first kappa shape index (κ1) is 17.2. The molecule has 3 saturated carbocycles. The van der Waals surface area contributed by atoms with Crippen LogP contribution in [-0.2, 0) is 4.79 Å². The second-order valence-corrected chi connectivity index (χ2v) is 10.6. The Morgan fingerprint density at radius 3 is 2.57 bits per heavy atom. The molecule has 7 heteroatoms. The summed E-state index contributed by atoms with van der Waals surface area (Å²) in [6.45, 7) is 8.44. The van der Waals surface area contributed by atoms with E-state index in [2.05, 4.69) is 32.2 Å². The first-order valence-electron chi connectivity index (χ1n) is 11.1. The lowest BCUT2D eigenvalue weighted by molar-refractivity contribution is -0.126. The monoisotopic (exact) mass is 385 g/mol. The Bertz CT molecular complexity index is 784. The van der Waals surface area contributed by atoms with Crippen molar-refractivity contribution in [1.82, 2.24) is 20.4 Å². The SMILES string of the molecule is Cc1noc(N2CC3(CCC(N4CC5C(C4)C5C(=O)NC4(C)CCC4)C3)C2)n1. The molecule has 1 N–H and O–H groups in total. The molecule has 152 valence electrons. The maximum absolute atomic E-state index is 12.6. The number of rotatable bonds is 4. The molecule has 0 aromatic carbocycles. The minimum absolute atomic E-state index is 0.0957. The molecule has 5 fully saturated rings. The van der Waals surface area contributed by atoms with Crippen LogP contribution in [0.2, 0.25) is 0 Å². The van der Waals surface area contributed by atoms with E-state index in [-0.39, 0.29) is 5.54 Å². The van der Waals surface area contributed by atoms with E-state index in [4.69, 9.17) is 4.52 Å². The quantitative estimate of drug-likeness (QED) is 0.854. The molecule has 28 heavy (non-hydrogen) atoms. The Balaban J connectivity index is 0.999. The van der Waals surface area contributed by atoms with Crippen molar-refractivity contribution in [2.24, 2.45) is 23.2 Å². The van der Waals surface area contributed by atoms with Gasteiger partial charge in [-0.15, -0.1) is 0 Å². The van der Waals surface area contributed by atoms with Crippen LogP contribution in [0.15, 0.2) is 4.52 Å². The highest BCUT2D eigenvalue weighted by atomic mass is 16.5. The molecule has 1 spiro atoms. The first-order chi connectivity index (χ1) is 13.4. The third-order valence-corrected chi connectivity index (χ3v) is 8.44. The summed E-state index contributed by atoms with van der Waals surface area (Å²) in [5, 5.41) is 7.25. The number of carbonyl (C=O) groups is 1. The van der Waals surface area contributed by atoms with Crippen molar-refractivity contribution in [2.45, 2.75) is 64.0 Å². The standard InChI is InChI=1S/C21H31N5O2/c1-13-22-19(28-24-13)26-11-21(12-26)7-4-14(8-21)25-9-15-16(10-25)17(15)18(27)23-20(2)5-3-6-20/h14-17H,3-12H2,1-2H3,(H,23,27). The summed E-state index contributed by atoms with van der Waals surface area (Å²) in [6, 6.07) is 1.38. The number of amides is 1. The topological polar surface area (TPSA) is 74.5 Å². The molecule has 3 aliphatic carbocycles. The Morgan fingerprint density at radius 1 is 1.21 bits per heavy atom. The maximum atomic E-state index is 12.6. The molecule has 3 atom stereocenters. The molecule has 1 amide bonds. The number of nitrogens with zero attached hydrogens (tertiary/aromatic N) is 4. The molecule has 2 saturated heterocycles. The predicted octanol–water partition coefficient (Wildman–Crippen LogP) is 1.97. The van der Waals surface area contributed by atoms with Gasteiger partial charge >= 0.3 is 6.01 Å². The summed E-state index contributed by atoms with van der Waals surface area (Å²) >= 11 is 0. The zero-order chi connectivity index (χ0) is 19.1. The van der Waals surface area contributed by atoms with E-state index < -0.39 is 0 Å². The number of hydrogen-bond acceptors (Lipinski definition) is 6. The molecule has 2 aliphatic heterocycles. The molecule has 6 rings (SSSR count). The van der Waals surface area contributed by atoms with Gasteiger partial charge in [-0.2, -0.15) is 4.98 Å². The molecule has 0 radical (unpaired) electrons. The maximum Gasteiger partial charge on any atom is 0.324 e. The average Bonchev–Trinajstić information content (AvgIpc) is 3.06. The van der Waals surface area contributed by atoms with Crippen molar-refractivity contribution in [3.8, 4) is 0 Å². The molecule has 3 heterocycles. The summed E-state index contributed by atoms with van der Waals surface area (Å²) in [7, 11) is 0. The highest BCUT2D eigenvalue weighted by Gasteiger charge is 2.62. The van der Waals surface area contributed by atoms with Crippen LogP contribution in [0.5, 0.6) is 0 Å². The molecule has 3 unspecified atom stereocenters. The van der Waals surface area contributed by atoms with Gasteiger partial charge in [0, 0.05) is 49.1 Å². The van der Waals surface area contributed by atoms with Crippen molar-refractivity contribution >= 4 is 11.9 Å². The number of hydrogen-bond donors (Lipinski definition) is 1. The summed E-state index contributed by atoms with van der Waals surface area (Å²) in [5.41, 5.74) is 0.536. The second kappa shape index (κ2) is 5.71. The van der Waals surface area contributed by atoms with Crippen LogP contribution in [0.4, 0.5) is 6.01 Å². The number of likely N-dealkylation sites (tertiary alicyclic amines) is 1. The highest BCUT2D eigenvalue weighted by molar-refractivity contribution is 5.83.